The van der Waals surface area contributed by atoms with Crippen LogP contribution in [0, 0.1) is 0 Å². The van der Waals surface area contributed by atoms with Crippen molar-refractivity contribution in [2.24, 2.45) is 0 Å². The molecule has 0 radical (unpaired) electrons. The van der Waals surface area contributed by atoms with Crippen LogP contribution in [0.5, 0.6) is 5.75 Å². The summed E-state index contributed by atoms with van der Waals surface area (Å²) in [5, 5.41) is 3.87. The number of nitrogens with one attached hydrogen (secondary N) is 1. The zero-order valence-electron chi connectivity index (χ0n) is 20.5. The molecule has 196 valence electrons. The van der Waals surface area contributed by atoms with Crippen LogP contribution in [0.25, 0.3) is 16.0 Å². The molecule has 0 aliphatic rings. The zero-order chi connectivity index (χ0) is 26.5. The number of hydrogen-bond donors (Lipinski definition) is 1. The molecule has 1 heterocycles. The van der Waals surface area contributed by atoms with Gasteiger partial charge in [-0.05, 0) is 37.1 Å². The fourth-order valence-electron chi connectivity index (χ4n) is 3.31. The summed E-state index contributed by atoms with van der Waals surface area (Å²) >= 11 is 13.7. The van der Waals surface area contributed by atoms with Gasteiger partial charge in [0.1, 0.15) is 11.8 Å². The second-order valence-corrected chi connectivity index (χ2v) is 9.68. The predicted octanol–water partition coefficient (Wildman–Crippen LogP) is 6.56. The minimum absolute atomic E-state index is 0.236. The topological polar surface area (TPSA) is 77.8 Å². The molecule has 37 heavy (non-hydrogen) atoms. The second-order valence-electron chi connectivity index (χ2n) is 7.86. The van der Waals surface area contributed by atoms with Gasteiger partial charge in [-0.1, -0.05) is 60.1 Å². The van der Waals surface area contributed by atoms with Crippen molar-refractivity contribution in [1.82, 2.24) is 5.32 Å². The average molecular weight is 563 g/mol. The average Bonchev–Trinajstić information content (AvgIpc) is 3.34. The lowest BCUT2D eigenvalue weighted by atomic mass is 10.2. The number of allylic oxidation sites excluding steroid dienone is 2. The molecule has 1 N–H and O–H groups in total. The van der Waals surface area contributed by atoms with Crippen LogP contribution in [0.2, 0.25) is 0 Å². The highest BCUT2D eigenvalue weighted by atomic mass is 35.5. The van der Waals surface area contributed by atoms with E-state index in [4.69, 9.17) is 37.1 Å². The Hall–Kier alpha value is -2.87. The van der Waals surface area contributed by atoms with E-state index in [1.807, 2.05) is 48.5 Å². The molecule has 0 fully saturated rings. The number of ether oxygens (including phenoxy) is 2. The van der Waals surface area contributed by atoms with Gasteiger partial charge in [-0.3, -0.25) is 4.79 Å². The first-order valence-corrected chi connectivity index (χ1v) is 13.9. The van der Waals surface area contributed by atoms with E-state index in [1.54, 1.807) is 30.8 Å². The maximum atomic E-state index is 12.5. The lowest BCUT2D eigenvalue weighted by molar-refractivity contribution is -0.146. The third-order valence-electron chi connectivity index (χ3n) is 5.05. The molecule has 0 saturated heterocycles. The fraction of sp³-hybridized carbons (Fsp3) is 0.286. The monoisotopic (exact) mass is 561 g/mol. The molecule has 3 rings (SSSR count). The van der Waals surface area contributed by atoms with E-state index in [0.29, 0.717) is 40.4 Å². The third-order valence-corrected chi connectivity index (χ3v) is 6.74. The third kappa shape index (κ3) is 9.18. The van der Waals surface area contributed by atoms with E-state index in [0.717, 1.165) is 23.1 Å². The van der Waals surface area contributed by atoms with E-state index >= 15 is 0 Å². The number of thioether (sulfide) groups is 1. The minimum Gasteiger partial charge on any atom is -0.490 e. The lowest BCUT2D eigenvalue weighted by Crippen LogP contribution is -2.43. The van der Waals surface area contributed by atoms with E-state index in [2.05, 4.69) is 5.32 Å². The Morgan fingerprint density at radius 2 is 1.97 bits per heavy atom. The van der Waals surface area contributed by atoms with Gasteiger partial charge in [-0.25, -0.2) is 4.79 Å². The number of esters is 1. The Morgan fingerprint density at radius 1 is 1.16 bits per heavy atom. The maximum absolute atomic E-state index is 12.5. The van der Waals surface area contributed by atoms with Crippen molar-refractivity contribution in [3.8, 4) is 5.75 Å². The number of hydrogen-bond acceptors (Lipinski definition) is 6. The zero-order valence-corrected chi connectivity index (χ0v) is 22.8. The molecular weight excluding hydrogens is 533 g/mol. The van der Waals surface area contributed by atoms with Crippen LogP contribution >= 0.6 is 35.0 Å². The molecule has 0 aliphatic heterocycles. The van der Waals surface area contributed by atoms with Crippen LogP contribution in [0.15, 0.2) is 77.2 Å². The lowest BCUT2D eigenvalue weighted by Gasteiger charge is -2.16. The van der Waals surface area contributed by atoms with Crippen molar-refractivity contribution in [3.63, 3.8) is 0 Å². The first-order valence-electron chi connectivity index (χ1n) is 11.9. The summed E-state index contributed by atoms with van der Waals surface area (Å²) in [4.78, 5) is 24.8. The molecule has 1 amide bonds. The summed E-state index contributed by atoms with van der Waals surface area (Å²) in [7, 11) is 0. The predicted molar refractivity (Wildman–Crippen MR) is 151 cm³/mol. The Balaban J connectivity index is 1.60. The molecule has 0 spiro atoms. The first-order chi connectivity index (χ1) is 18.0. The van der Waals surface area contributed by atoms with Crippen LogP contribution in [0.1, 0.15) is 24.7 Å². The number of para-hydroxylation sites is 1. The molecule has 9 heteroatoms. The van der Waals surface area contributed by atoms with Crippen LogP contribution in [0.3, 0.4) is 0 Å². The molecule has 1 atom stereocenters. The number of halogens is 2. The second kappa shape index (κ2) is 15.4. The summed E-state index contributed by atoms with van der Waals surface area (Å²) in [6.45, 7) is 2.45. The SMILES string of the molecule is CCOC(=O)C(CSCc1ccccc1)NC(=O)C=CC=C(Cl)c1cc2cccc(OCCCCl)c2o1. The maximum Gasteiger partial charge on any atom is 0.329 e. The van der Waals surface area contributed by atoms with Crippen molar-refractivity contribution in [1.29, 1.82) is 0 Å². The van der Waals surface area contributed by atoms with Gasteiger partial charge in [0.05, 0.1) is 18.2 Å². The highest BCUT2D eigenvalue weighted by molar-refractivity contribution is 7.98. The normalized spacial score (nSPS) is 12.6. The van der Waals surface area contributed by atoms with Gasteiger partial charge in [0, 0.05) is 28.8 Å². The van der Waals surface area contributed by atoms with E-state index in [-0.39, 0.29) is 6.61 Å². The number of amides is 1. The molecule has 0 aliphatic carbocycles. The van der Waals surface area contributed by atoms with Gasteiger partial charge in [-0.2, -0.15) is 11.8 Å². The summed E-state index contributed by atoms with van der Waals surface area (Å²) in [6, 6.07) is 16.5. The van der Waals surface area contributed by atoms with Crippen molar-refractivity contribution >= 4 is 62.8 Å². The van der Waals surface area contributed by atoms with E-state index < -0.39 is 17.9 Å². The molecule has 1 unspecified atom stereocenters. The number of rotatable bonds is 14. The highest BCUT2D eigenvalue weighted by Crippen LogP contribution is 2.33. The molecule has 0 bridgehead atoms. The number of alkyl halides is 1. The molecule has 2 aromatic carbocycles. The molecule has 3 aromatic rings. The Morgan fingerprint density at radius 3 is 2.73 bits per heavy atom. The van der Waals surface area contributed by atoms with E-state index in [1.165, 1.54) is 12.2 Å². The minimum atomic E-state index is -0.766. The largest absolute Gasteiger partial charge is 0.490 e. The molecule has 6 nitrogen and oxygen atoms in total. The number of carbonyl (C=O) groups is 2. The quantitative estimate of drug-likeness (QED) is 0.0789. The van der Waals surface area contributed by atoms with Gasteiger partial charge >= 0.3 is 5.97 Å². The summed E-state index contributed by atoms with van der Waals surface area (Å²) < 4.78 is 16.8. The fourth-order valence-corrected chi connectivity index (χ4v) is 4.58. The standard InChI is InChI=1S/C28H29Cl2NO5S/c1-2-34-28(33)23(19-37-18-20-9-4-3-5-10-20)31-26(32)14-7-12-22(30)25-17-21-11-6-13-24(27(21)36-25)35-16-8-15-29/h3-7,9-14,17,23H,2,8,15-16,18-19H2,1H3,(H,31,32). The Bertz CT molecular complexity index is 1230. The number of carbonyl (C=O) groups excluding carboxylic acids is 2. The number of furan rings is 1. The van der Waals surface area contributed by atoms with Gasteiger partial charge in [0.25, 0.3) is 0 Å². The summed E-state index contributed by atoms with van der Waals surface area (Å²) in [6.07, 6.45) is 5.08. The Kier molecular flexibility index (Phi) is 11.9. The van der Waals surface area contributed by atoms with Crippen molar-refractivity contribution in [3.05, 3.63) is 84.1 Å². The van der Waals surface area contributed by atoms with Crippen molar-refractivity contribution in [2.45, 2.75) is 25.1 Å². The Labute approximate surface area is 231 Å². The molecule has 0 saturated carbocycles. The molecule has 1 aromatic heterocycles. The number of benzene rings is 2. The van der Waals surface area contributed by atoms with Crippen LogP contribution < -0.4 is 10.1 Å². The van der Waals surface area contributed by atoms with Crippen LogP contribution in [-0.4, -0.2) is 42.8 Å². The first kappa shape index (κ1) is 28.7. The highest BCUT2D eigenvalue weighted by Gasteiger charge is 2.21. The summed E-state index contributed by atoms with van der Waals surface area (Å²) in [5.41, 5.74) is 1.73. The van der Waals surface area contributed by atoms with Gasteiger partial charge in [0.15, 0.2) is 11.3 Å². The number of fused-ring (bicyclic) bond motifs is 1. The summed E-state index contributed by atoms with van der Waals surface area (Å²) in [5.74, 6) is 1.78. The van der Waals surface area contributed by atoms with Crippen LogP contribution in [-0.2, 0) is 20.1 Å². The smallest absolute Gasteiger partial charge is 0.329 e. The van der Waals surface area contributed by atoms with E-state index in [9.17, 15) is 9.59 Å². The molecular formula is C28H29Cl2NO5S. The van der Waals surface area contributed by atoms with Crippen LogP contribution in [0.4, 0.5) is 0 Å². The van der Waals surface area contributed by atoms with Crippen molar-refractivity contribution < 1.29 is 23.5 Å². The van der Waals surface area contributed by atoms with Gasteiger partial charge in [0.2, 0.25) is 5.91 Å². The van der Waals surface area contributed by atoms with Crippen molar-refractivity contribution in [2.75, 3.05) is 24.8 Å². The van der Waals surface area contributed by atoms with Gasteiger partial charge in [-0.15, -0.1) is 11.6 Å². The van der Waals surface area contributed by atoms with Gasteiger partial charge < -0.3 is 19.2 Å².